The van der Waals surface area contributed by atoms with Crippen LogP contribution in [0, 0.1) is 0 Å². The van der Waals surface area contributed by atoms with Crippen molar-refractivity contribution < 1.29 is 10.2 Å². The predicted octanol–water partition coefficient (Wildman–Crippen LogP) is 8.83. The van der Waals surface area contributed by atoms with Crippen molar-refractivity contribution >= 4 is 0 Å². The Balaban J connectivity index is 2.96. The summed E-state index contributed by atoms with van der Waals surface area (Å²) >= 11 is 0. The minimum absolute atomic E-state index is 0.0490. The van der Waals surface area contributed by atoms with Gasteiger partial charge >= 0.3 is 0 Å². The van der Waals surface area contributed by atoms with E-state index < -0.39 is 0 Å². The summed E-state index contributed by atoms with van der Waals surface area (Å²) in [6.45, 7) is 28.3. The number of rotatable bonds is 3. The number of hydrogen-bond acceptors (Lipinski definition) is 2. The number of phenolic OH excluding ortho intramolecular Hbond substituents is 2. The topological polar surface area (TPSA) is 40.5 Å². The standard InChI is InChI=1S/C31H48O2/c1-14-21(22-15-19(28(2,3)4)17-24(26(22)32)30(8,9)10)23-16-20(29(5,6)7)18-25(27(23)33)31(11,12)13/h15-18,21,32-33H,14H2,1-13H3. The van der Waals surface area contributed by atoms with Gasteiger partial charge in [0.25, 0.3) is 0 Å². The third kappa shape index (κ3) is 5.76. The van der Waals surface area contributed by atoms with E-state index in [1.54, 1.807) is 0 Å². The molecule has 0 aromatic heterocycles. The molecule has 2 aromatic rings. The zero-order valence-electron chi connectivity index (χ0n) is 23.5. The van der Waals surface area contributed by atoms with Gasteiger partial charge in [0.1, 0.15) is 11.5 Å². The predicted molar refractivity (Wildman–Crippen MR) is 143 cm³/mol. The van der Waals surface area contributed by atoms with Gasteiger partial charge in [-0.3, -0.25) is 0 Å². The first-order chi connectivity index (χ1) is 14.7. The van der Waals surface area contributed by atoms with Crippen molar-refractivity contribution in [2.24, 2.45) is 0 Å². The molecular formula is C31H48O2. The fourth-order valence-electron chi connectivity index (χ4n) is 4.46. The molecule has 0 aliphatic heterocycles. The molecule has 0 bridgehead atoms. The van der Waals surface area contributed by atoms with E-state index in [-0.39, 0.29) is 27.6 Å². The monoisotopic (exact) mass is 452 g/mol. The molecule has 0 atom stereocenters. The summed E-state index contributed by atoms with van der Waals surface area (Å²) in [7, 11) is 0. The summed E-state index contributed by atoms with van der Waals surface area (Å²) in [5.74, 6) is 0.622. The maximum atomic E-state index is 11.5. The third-order valence-corrected chi connectivity index (χ3v) is 6.79. The minimum atomic E-state index is -0.190. The molecule has 0 aliphatic rings. The second kappa shape index (κ2) is 8.67. The van der Waals surface area contributed by atoms with Crippen molar-refractivity contribution in [2.75, 3.05) is 0 Å². The zero-order valence-corrected chi connectivity index (χ0v) is 23.5. The van der Waals surface area contributed by atoms with Gasteiger partial charge in [-0.2, -0.15) is 0 Å². The first-order valence-corrected chi connectivity index (χ1v) is 12.4. The highest BCUT2D eigenvalue weighted by molar-refractivity contribution is 5.57. The lowest BCUT2D eigenvalue weighted by Gasteiger charge is -2.32. The molecule has 0 radical (unpaired) electrons. The third-order valence-electron chi connectivity index (χ3n) is 6.79. The molecule has 2 heteroatoms. The Labute approximate surface area is 203 Å². The van der Waals surface area contributed by atoms with Gasteiger partial charge in [0.05, 0.1) is 0 Å². The highest BCUT2D eigenvalue weighted by Gasteiger charge is 2.32. The quantitative estimate of drug-likeness (QED) is 0.488. The van der Waals surface area contributed by atoms with E-state index >= 15 is 0 Å². The first-order valence-electron chi connectivity index (χ1n) is 12.4. The Bertz CT molecular complexity index is 918. The molecule has 0 aliphatic carbocycles. The summed E-state index contributed by atoms with van der Waals surface area (Å²) in [4.78, 5) is 0. The molecule has 0 spiro atoms. The van der Waals surface area contributed by atoms with Crippen LogP contribution in [0.3, 0.4) is 0 Å². The molecule has 0 saturated carbocycles. The molecule has 33 heavy (non-hydrogen) atoms. The van der Waals surface area contributed by atoms with Gasteiger partial charge in [0, 0.05) is 17.0 Å². The van der Waals surface area contributed by atoms with E-state index in [0.29, 0.717) is 11.5 Å². The van der Waals surface area contributed by atoms with Gasteiger partial charge in [0.15, 0.2) is 0 Å². The van der Waals surface area contributed by atoms with Crippen molar-refractivity contribution in [3.8, 4) is 11.5 Å². The Kier molecular flexibility index (Phi) is 7.17. The lowest BCUT2D eigenvalue weighted by molar-refractivity contribution is 0.424. The smallest absolute Gasteiger partial charge is 0.123 e. The molecule has 2 rings (SSSR count). The fraction of sp³-hybridized carbons (Fsp3) is 0.613. The molecule has 0 fully saturated rings. The van der Waals surface area contributed by atoms with Crippen LogP contribution in [0.25, 0.3) is 0 Å². The molecule has 0 unspecified atom stereocenters. The lowest BCUT2D eigenvalue weighted by Crippen LogP contribution is -2.20. The Morgan fingerprint density at radius 3 is 1.06 bits per heavy atom. The second-order valence-corrected chi connectivity index (χ2v) is 13.9. The van der Waals surface area contributed by atoms with Crippen LogP contribution >= 0.6 is 0 Å². The van der Waals surface area contributed by atoms with Gasteiger partial charge in [-0.1, -0.05) is 114 Å². The molecular weight excluding hydrogens is 404 g/mol. The Morgan fingerprint density at radius 1 is 0.545 bits per heavy atom. The van der Waals surface area contributed by atoms with Crippen LogP contribution in [-0.4, -0.2) is 10.2 Å². The van der Waals surface area contributed by atoms with E-state index in [1.165, 1.54) is 11.1 Å². The maximum Gasteiger partial charge on any atom is 0.123 e. The van der Waals surface area contributed by atoms with Gasteiger partial charge in [-0.05, 0) is 50.3 Å². The lowest BCUT2D eigenvalue weighted by atomic mass is 9.73. The summed E-state index contributed by atoms with van der Waals surface area (Å²) in [5, 5.41) is 23.1. The number of benzene rings is 2. The number of aromatic hydroxyl groups is 2. The Hall–Kier alpha value is -1.96. The second-order valence-electron chi connectivity index (χ2n) is 13.9. The number of hydrogen-bond donors (Lipinski definition) is 2. The molecule has 0 amide bonds. The normalized spacial score (nSPS) is 13.6. The van der Waals surface area contributed by atoms with Crippen molar-refractivity contribution in [3.05, 3.63) is 57.6 Å². The molecule has 2 aromatic carbocycles. The zero-order chi connectivity index (χ0) is 25.7. The van der Waals surface area contributed by atoms with E-state index in [2.05, 4.69) is 114 Å². The Morgan fingerprint density at radius 2 is 0.848 bits per heavy atom. The average Bonchev–Trinajstić information content (AvgIpc) is 2.60. The summed E-state index contributed by atoms with van der Waals surface area (Å²) in [6.07, 6.45) is 0.787. The van der Waals surface area contributed by atoms with Gasteiger partial charge in [0.2, 0.25) is 0 Å². The van der Waals surface area contributed by atoms with Crippen LogP contribution in [0.15, 0.2) is 24.3 Å². The summed E-state index contributed by atoms with van der Waals surface area (Å²) in [5.41, 5.74) is 5.69. The molecule has 2 N–H and O–H groups in total. The van der Waals surface area contributed by atoms with Crippen LogP contribution in [-0.2, 0) is 21.7 Å². The van der Waals surface area contributed by atoms with Crippen LogP contribution in [0.4, 0.5) is 0 Å². The molecule has 0 heterocycles. The largest absolute Gasteiger partial charge is 0.507 e. The highest BCUT2D eigenvalue weighted by atomic mass is 16.3. The highest BCUT2D eigenvalue weighted by Crippen LogP contribution is 2.47. The van der Waals surface area contributed by atoms with E-state index in [1.807, 2.05) is 0 Å². The van der Waals surface area contributed by atoms with E-state index in [4.69, 9.17) is 0 Å². The van der Waals surface area contributed by atoms with E-state index in [9.17, 15) is 10.2 Å². The van der Waals surface area contributed by atoms with Crippen molar-refractivity contribution in [3.63, 3.8) is 0 Å². The van der Waals surface area contributed by atoms with Crippen molar-refractivity contribution in [1.82, 2.24) is 0 Å². The molecule has 0 saturated heterocycles. The van der Waals surface area contributed by atoms with Crippen LogP contribution in [0.2, 0.25) is 0 Å². The first kappa shape index (κ1) is 27.3. The number of phenols is 2. The van der Waals surface area contributed by atoms with Crippen molar-refractivity contribution in [1.29, 1.82) is 0 Å². The van der Waals surface area contributed by atoms with Crippen LogP contribution in [0.1, 0.15) is 136 Å². The summed E-state index contributed by atoms with van der Waals surface area (Å²) < 4.78 is 0. The minimum Gasteiger partial charge on any atom is -0.507 e. The van der Waals surface area contributed by atoms with Gasteiger partial charge in [-0.15, -0.1) is 0 Å². The maximum absolute atomic E-state index is 11.5. The average molecular weight is 453 g/mol. The fourth-order valence-corrected chi connectivity index (χ4v) is 4.46. The van der Waals surface area contributed by atoms with Gasteiger partial charge < -0.3 is 10.2 Å². The van der Waals surface area contributed by atoms with Crippen LogP contribution < -0.4 is 0 Å². The SMILES string of the molecule is CCC(c1cc(C(C)(C)C)cc(C(C)(C)C)c1O)c1cc(C(C)(C)C)cc(C(C)(C)C)c1O. The summed E-state index contributed by atoms with van der Waals surface area (Å²) in [6, 6.07) is 8.66. The van der Waals surface area contributed by atoms with Crippen molar-refractivity contribution in [2.45, 2.75) is 124 Å². The van der Waals surface area contributed by atoms with E-state index in [0.717, 1.165) is 28.7 Å². The molecule has 184 valence electrons. The van der Waals surface area contributed by atoms with Crippen LogP contribution in [0.5, 0.6) is 11.5 Å². The van der Waals surface area contributed by atoms with Gasteiger partial charge in [-0.25, -0.2) is 0 Å². The molecule has 2 nitrogen and oxygen atoms in total.